The summed E-state index contributed by atoms with van der Waals surface area (Å²) in [5, 5.41) is 26.8. The molecule has 0 atom stereocenters. The fourth-order valence-corrected chi connectivity index (χ4v) is 0.745. The maximum Gasteiger partial charge on any atom is 0.138 e. The van der Waals surface area contributed by atoms with Crippen LogP contribution in [0.3, 0.4) is 0 Å². The molecule has 0 aromatic heterocycles. The molecule has 56 valence electrons. The Morgan fingerprint density at radius 1 is 1.09 bits per heavy atom. The molecule has 0 radical (unpaired) electrons. The Morgan fingerprint density at radius 2 is 1.55 bits per heavy atom. The summed E-state index contributed by atoms with van der Waals surface area (Å²) in [6, 6.07) is 2.13. The first kappa shape index (κ1) is 7.29. The summed E-state index contributed by atoms with van der Waals surface area (Å²) in [5.74, 6) is 1.25. The minimum Gasteiger partial charge on any atom is -0.508 e. The molecule has 3 N–H and O–H groups in total. The lowest BCUT2D eigenvalue weighted by Crippen LogP contribution is -1.77. The van der Waals surface area contributed by atoms with Gasteiger partial charge in [0.25, 0.3) is 0 Å². The van der Waals surface area contributed by atoms with Gasteiger partial charge in [0.05, 0.1) is 0 Å². The van der Waals surface area contributed by atoms with Crippen molar-refractivity contribution < 1.29 is 15.3 Å². The van der Waals surface area contributed by atoms with Crippen molar-refractivity contribution in [2.45, 2.75) is 0 Å². The first-order valence-electron chi connectivity index (χ1n) is 2.86. The Morgan fingerprint density at radius 3 is 1.91 bits per heavy atom. The zero-order chi connectivity index (χ0) is 8.43. The number of phenolic OH excluding ortho intramolecular Hbond substituents is 3. The second-order valence-electron chi connectivity index (χ2n) is 2.00. The zero-order valence-corrected chi connectivity index (χ0v) is 5.57. The topological polar surface area (TPSA) is 60.7 Å². The fraction of sp³-hybridized carbons (Fsp3) is 0. The third-order valence-electron chi connectivity index (χ3n) is 1.23. The third kappa shape index (κ3) is 1.19. The summed E-state index contributed by atoms with van der Waals surface area (Å²) in [7, 11) is 0. The van der Waals surface area contributed by atoms with Gasteiger partial charge >= 0.3 is 0 Å². The van der Waals surface area contributed by atoms with E-state index >= 15 is 0 Å². The average Bonchev–Trinajstić information content (AvgIpc) is 1.85. The van der Waals surface area contributed by atoms with Crippen LogP contribution >= 0.6 is 0 Å². The first-order chi connectivity index (χ1) is 5.15. The van der Waals surface area contributed by atoms with E-state index in [0.29, 0.717) is 0 Å². The minimum absolute atomic E-state index is 0.0113. The van der Waals surface area contributed by atoms with Gasteiger partial charge in [-0.2, -0.15) is 0 Å². The van der Waals surface area contributed by atoms with E-state index < -0.39 is 0 Å². The SMILES string of the molecule is C#Cc1c(O)cc(O)cc1O. The summed E-state index contributed by atoms with van der Waals surface area (Å²) in [6.45, 7) is 0. The highest BCUT2D eigenvalue weighted by Gasteiger charge is 2.05. The highest BCUT2D eigenvalue weighted by molar-refractivity contribution is 5.56. The molecule has 0 bridgehead atoms. The molecule has 1 aromatic carbocycles. The first-order valence-corrected chi connectivity index (χ1v) is 2.86. The number of aromatic hydroxyl groups is 3. The van der Waals surface area contributed by atoms with Crippen LogP contribution in [0.1, 0.15) is 5.56 Å². The Bertz CT molecular complexity index is 300. The van der Waals surface area contributed by atoms with Crippen molar-refractivity contribution in [3.8, 4) is 29.6 Å². The maximum atomic E-state index is 9.01. The Hall–Kier alpha value is -1.82. The van der Waals surface area contributed by atoms with Crippen molar-refractivity contribution in [3.05, 3.63) is 17.7 Å². The van der Waals surface area contributed by atoms with Crippen molar-refractivity contribution in [3.63, 3.8) is 0 Å². The van der Waals surface area contributed by atoms with E-state index in [1.165, 1.54) is 0 Å². The average molecular weight is 150 g/mol. The van der Waals surface area contributed by atoms with Gasteiger partial charge in [-0.1, -0.05) is 5.92 Å². The summed E-state index contributed by atoms with van der Waals surface area (Å²) in [6.07, 6.45) is 4.95. The van der Waals surface area contributed by atoms with Crippen LogP contribution in [-0.4, -0.2) is 15.3 Å². The molecular formula is C8H6O3. The van der Waals surface area contributed by atoms with Crippen molar-refractivity contribution >= 4 is 0 Å². The van der Waals surface area contributed by atoms with Crippen LogP contribution in [0, 0.1) is 12.3 Å². The molecule has 0 spiro atoms. The largest absolute Gasteiger partial charge is 0.508 e. The molecule has 0 amide bonds. The van der Waals surface area contributed by atoms with E-state index in [2.05, 4.69) is 5.92 Å². The van der Waals surface area contributed by atoms with E-state index in [1.54, 1.807) is 0 Å². The third-order valence-corrected chi connectivity index (χ3v) is 1.23. The second kappa shape index (κ2) is 2.43. The molecule has 3 nitrogen and oxygen atoms in total. The molecule has 0 saturated carbocycles. The fourth-order valence-electron chi connectivity index (χ4n) is 0.745. The van der Waals surface area contributed by atoms with Crippen LogP contribution in [0.2, 0.25) is 0 Å². The van der Waals surface area contributed by atoms with Crippen LogP contribution in [0.4, 0.5) is 0 Å². The second-order valence-corrected chi connectivity index (χ2v) is 2.00. The van der Waals surface area contributed by atoms with Crippen molar-refractivity contribution in [1.82, 2.24) is 0 Å². The normalized spacial score (nSPS) is 9.00. The van der Waals surface area contributed by atoms with Crippen LogP contribution < -0.4 is 0 Å². The number of rotatable bonds is 0. The number of terminal acetylenes is 1. The van der Waals surface area contributed by atoms with Gasteiger partial charge < -0.3 is 15.3 Å². The van der Waals surface area contributed by atoms with E-state index in [4.69, 9.17) is 21.7 Å². The van der Waals surface area contributed by atoms with E-state index in [9.17, 15) is 0 Å². The number of benzene rings is 1. The lowest BCUT2D eigenvalue weighted by Gasteiger charge is -2.00. The lowest BCUT2D eigenvalue weighted by molar-refractivity contribution is 0.426. The van der Waals surface area contributed by atoms with Gasteiger partial charge in [0, 0.05) is 12.1 Å². The van der Waals surface area contributed by atoms with Gasteiger partial charge in [-0.3, -0.25) is 0 Å². The monoisotopic (exact) mass is 150 g/mol. The maximum absolute atomic E-state index is 9.01. The van der Waals surface area contributed by atoms with Crippen LogP contribution in [-0.2, 0) is 0 Å². The summed E-state index contributed by atoms with van der Waals surface area (Å²) in [4.78, 5) is 0. The van der Waals surface area contributed by atoms with Gasteiger partial charge in [-0.25, -0.2) is 0 Å². The predicted molar refractivity (Wildman–Crippen MR) is 39.4 cm³/mol. The smallest absolute Gasteiger partial charge is 0.138 e. The number of phenols is 3. The van der Waals surface area contributed by atoms with Gasteiger partial charge in [-0.05, 0) is 0 Å². The molecule has 11 heavy (non-hydrogen) atoms. The standard InChI is InChI=1S/C8H6O3/c1-2-6-7(10)3-5(9)4-8(6)11/h1,3-4,9-11H. The highest BCUT2D eigenvalue weighted by Crippen LogP contribution is 2.30. The van der Waals surface area contributed by atoms with E-state index in [1.807, 2.05) is 0 Å². The van der Waals surface area contributed by atoms with Crippen LogP contribution in [0.5, 0.6) is 17.2 Å². The molecule has 0 unspecified atom stereocenters. The molecule has 0 heterocycles. The van der Waals surface area contributed by atoms with Crippen LogP contribution in [0.25, 0.3) is 0 Å². The highest BCUT2D eigenvalue weighted by atomic mass is 16.3. The van der Waals surface area contributed by atoms with Crippen molar-refractivity contribution in [2.24, 2.45) is 0 Å². The molecule has 0 aliphatic rings. The van der Waals surface area contributed by atoms with Gasteiger partial charge in [0.1, 0.15) is 22.8 Å². The summed E-state index contributed by atoms with van der Waals surface area (Å²) < 4.78 is 0. The van der Waals surface area contributed by atoms with E-state index in [0.717, 1.165) is 12.1 Å². The molecule has 3 heteroatoms. The van der Waals surface area contributed by atoms with Gasteiger partial charge in [-0.15, -0.1) is 6.42 Å². The number of hydrogen-bond acceptors (Lipinski definition) is 3. The summed E-state index contributed by atoms with van der Waals surface area (Å²) in [5.41, 5.74) is -0.0113. The Labute approximate surface area is 63.5 Å². The lowest BCUT2D eigenvalue weighted by atomic mass is 10.2. The molecule has 1 rings (SSSR count). The number of hydrogen-bond donors (Lipinski definition) is 3. The molecule has 1 aromatic rings. The predicted octanol–water partition coefficient (Wildman–Crippen LogP) is 0.785. The molecule has 0 saturated heterocycles. The zero-order valence-electron chi connectivity index (χ0n) is 5.57. The van der Waals surface area contributed by atoms with Crippen LogP contribution in [0.15, 0.2) is 12.1 Å². The molecule has 0 aliphatic heterocycles. The van der Waals surface area contributed by atoms with Crippen molar-refractivity contribution in [1.29, 1.82) is 0 Å². The van der Waals surface area contributed by atoms with Crippen molar-refractivity contribution in [2.75, 3.05) is 0 Å². The van der Waals surface area contributed by atoms with Gasteiger partial charge in [0.2, 0.25) is 0 Å². The quantitative estimate of drug-likeness (QED) is 0.479. The summed E-state index contributed by atoms with van der Waals surface area (Å²) >= 11 is 0. The van der Waals surface area contributed by atoms with Gasteiger partial charge in [0.15, 0.2) is 0 Å². The molecule has 0 aliphatic carbocycles. The van der Waals surface area contributed by atoms with E-state index in [-0.39, 0.29) is 22.8 Å². The Kier molecular flexibility index (Phi) is 1.61. The Balaban J connectivity index is 3.40. The molecular weight excluding hydrogens is 144 g/mol. The molecule has 0 fully saturated rings. The minimum atomic E-state index is -0.301.